The molecule has 0 saturated heterocycles. The molecule has 0 amide bonds. The molecule has 5 heteroatoms. The van der Waals surface area contributed by atoms with Crippen LogP contribution in [0, 0.1) is 11.3 Å². The number of thioether (sulfide) groups is 1. The van der Waals surface area contributed by atoms with Crippen LogP contribution in [-0.4, -0.2) is 21.8 Å². The van der Waals surface area contributed by atoms with Crippen LogP contribution < -0.4 is 5.32 Å². The molecule has 0 spiro atoms. The summed E-state index contributed by atoms with van der Waals surface area (Å²) in [5, 5.41) is 13.6. The summed E-state index contributed by atoms with van der Waals surface area (Å²) in [4.78, 5) is 4.08. The van der Waals surface area contributed by atoms with Gasteiger partial charge in [-0.1, -0.05) is 18.7 Å². The zero-order valence-corrected chi connectivity index (χ0v) is 11.0. The number of nitrogens with one attached hydrogen (secondary N) is 1. The van der Waals surface area contributed by atoms with E-state index in [1.54, 1.807) is 24.2 Å². The first-order valence-electron chi connectivity index (χ1n) is 5.86. The smallest absolute Gasteiger partial charge is 0.255 e. The molecule has 17 heavy (non-hydrogen) atoms. The summed E-state index contributed by atoms with van der Waals surface area (Å²) in [5.74, 6) is 0. The van der Waals surface area contributed by atoms with Gasteiger partial charge in [-0.2, -0.15) is 5.26 Å². The third kappa shape index (κ3) is 3.76. The summed E-state index contributed by atoms with van der Waals surface area (Å²) in [6.07, 6.45) is 6.38. The van der Waals surface area contributed by atoms with Gasteiger partial charge in [0.25, 0.3) is 5.22 Å². The van der Waals surface area contributed by atoms with Crippen molar-refractivity contribution < 1.29 is 4.42 Å². The van der Waals surface area contributed by atoms with Gasteiger partial charge in [-0.25, -0.2) is 4.98 Å². The SMILES string of the molecule is CC(CC(C)(C#N)NC1CC1)Sc1ncco1. The summed E-state index contributed by atoms with van der Waals surface area (Å²) < 4.78 is 5.19. The van der Waals surface area contributed by atoms with Gasteiger partial charge in [0.05, 0.1) is 12.3 Å². The van der Waals surface area contributed by atoms with Crippen LogP contribution in [0.3, 0.4) is 0 Å². The highest BCUT2D eigenvalue weighted by Gasteiger charge is 2.34. The summed E-state index contributed by atoms with van der Waals surface area (Å²) in [6.45, 7) is 4.07. The summed E-state index contributed by atoms with van der Waals surface area (Å²) in [6, 6.07) is 2.93. The maximum atomic E-state index is 9.28. The minimum absolute atomic E-state index is 0.296. The first-order valence-corrected chi connectivity index (χ1v) is 6.74. The Kier molecular flexibility index (Phi) is 3.75. The minimum Gasteiger partial charge on any atom is -0.440 e. The largest absolute Gasteiger partial charge is 0.440 e. The third-order valence-corrected chi connectivity index (χ3v) is 3.73. The first kappa shape index (κ1) is 12.5. The summed E-state index contributed by atoms with van der Waals surface area (Å²) in [5.41, 5.74) is -0.444. The van der Waals surface area contributed by atoms with E-state index in [0.29, 0.717) is 16.5 Å². The van der Waals surface area contributed by atoms with E-state index < -0.39 is 5.54 Å². The Hall–Kier alpha value is -0.990. The molecule has 1 aromatic rings. The molecule has 1 aliphatic carbocycles. The van der Waals surface area contributed by atoms with Crippen LogP contribution in [0.25, 0.3) is 0 Å². The van der Waals surface area contributed by atoms with E-state index in [1.807, 2.05) is 6.92 Å². The maximum absolute atomic E-state index is 9.28. The van der Waals surface area contributed by atoms with E-state index in [0.717, 1.165) is 6.42 Å². The van der Waals surface area contributed by atoms with Gasteiger partial charge in [-0.3, -0.25) is 5.32 Å². The maximum Gasteiger partial charge on any atom is 0.255 e. The van der Waals surface area contributed by atoms with Crippen LogP contribution in [0.5, 0.6) is 0 Å². The molecule has 1 aromatic heterocycles. The topological polar surface area (TPSA) is 61.9 Å². The number of hydrogen-bond acceptors (Lipinski definition) is 5. The van der Waals surface area contributed by atoms with Gasteiger partial charge in [0, 0.05) is 11.3 Å². The third-order valence-electron chi connectivity index (χ3n) is 2.75. The van der Waals surface area contributed by atoms with Crippen molar-refractivity contribution >= 4 is 11.8 Å². The summed E-state index contributed by atoms with van der Waals surface area (Å²) >= 11 is 1.57. The molecule has 4 nitrogen and oxygen atoms in total. The molecule has 0 radical (unpaired) electrons. The number of rotatable bonds is 6. The molecule has 1 saturated carbocycles. The van der Waals surface area contributed by atoms with Crippen LogP contribution in [0.4, 0.5) is 0 Å². The number of oxazole rings is 1. The molecule has 1 aliphatic rings. The zero-order chi connectivity index (χ0) is 12.3. The lowest BCUT2D eigenvalue weighted by molar-refractivity contribution is 0.411. The van der Waals surface area contributed by atoms with E-state index in [1.165, 1.54) is 12.8 Å². The fourth-order valence-electron chi connectivity index (χ4n) is 1.87. The van der Waals surface area contributed by atoms with Crippen molar-refractivity contribution in [3.63, 3.8) is 0 Å². The molecule has 0 aliphatic heterocycles. The Morgan fingerprint density at radius 1 is 1.76 bits per heavy atom. The fourth-order valence-corrected chi connectivity index (χ4v) is 2.87. The van der Waals surface area contributed by atoms with Crippen LogP contribution in [0.2, 0.25) is 0 Å². The van der Waals surface area contributed by atoms with Crippen molar-refractivity contribution in [1.82, 2.24) is 10.3 Å². The standard InChI is InChI=1S/C12H17N3OS/c1-9(17-11-14-5-6-16-11)7-12(2,8-13)15-10-3-4-10/h5-6,9-10,15H,3-4,7H2,1-2H3. The summed E-state index contributed by atoms with van der Waals surface area (Å²) in [7, 11) is 0. The Balaban J connectivity index is 1.86. The number of nitrogens with zero attached hydrogens (tertiary/aromatic N) is 2. The van der Waals surface area contributed by atoms with Gasteiger partial charge >= 0.3 is 0 Å². The minimum atomic E-state index is -0.444. The van der Waals surface area contributed by atoms with Crippen molar-refractivity contribution in [2.24, 2.45) is 0 Å². The first-order chi connectivity index (χ1) is 8.11. The molecule has 0 aromatic carbocycles. The van der Waals surface area contributed by atoms with E-state index in [9.17, 15) is 5.26 Å². The quantitative estimate of drug-likeness (QED) is 0.787. The molecule has 92 valence electrons. The molecule has 1 fully saturated rings. The lowest BCUT2D eigenvalue weighted by Crippen LogP contribution is -2.44. The van der Waals surface area contributed by atoms with Crippen LogP contribution in [0.1, 0.15) is 33.1 Å². The van der Waals surface area contributed by atoms with Crippen molar-refractivity contribution in [3.8, 4) is 6.07 Å². The Labute approximate surface area is 106 Å². The normalized spacial score (nSPS) is 20.5. The fraction of sp³-hybridized carbons (Fsp3) is 0.667. The van der Waals surface area contributed by atoms with Crippen LogP contribution >= 0.6 is 11.8 Å². The van der Waals surface area contributed by atoms with Crippen molar-refractivity contribution in [1.29, 1.82) is 5.26 Å². The second-order valence-corrected chi connectivity index (χ2v) is 6.18. The molecule has 2 unspecified atom stereocenters. The monoisotopic (exact) mass is 251 g/mol. The Morgan fingerprint density at radius 2 is 2.53 bits per heavy atom. The molecule has 1 N–H and O–H groups in total. The van der Waals surface area contributed by atoms with E-state index >= 15 is 0 Å². The molecular weight excluding hydrogens is 234 g/mol. The molecule has 2 atom stereocenters. The van der Waals surface area contributed by atoms with Gasteiger partial charge < -0.3 is 4.42 Å². The van der Waals surface area contributed by atoms with Gasteiger partial charge in [0.1, 0.15) is 11.8 Å². The zero-order valence-electron chi connectivity index (χ0n) is 10.1. The Bertz CT molecular complexity index is 396. The highest BCUT2D eigenvalue weighted by molar-refractivity contribution is 7.99. The Morgan fingerprint density at radius 3 is 3.06 bits per heavy atom. The van der Waals surface area contributed by atoms with Gasteiger partial charge in [0.2, 0.25) is 0 Å². The molecular formula is C12H17N3OS. The number of nitriles is 1. The second kappa shape index (κ2) is 5.11. The predicted octanol–water partition coefficient (Wildman–Crippen LogP) is 2.58. The van der Waals surface area contributed by atoms with Crippen molar-refractivity contribution in [2.45, 2.75) is 55.2 Å². The van der Waals surface area contributed by atoms with Gasteiger partial charge in [-0.15, -0.1) is 0 Å². The second-order valence-electron chi connectivity index (χ2n) is 4.79. The van der Waals surface area contributed by atoms with E-state index in [4.69, 9.17) is 4.42 Å². The van der Waals surface area contributed by atoms with Gasteiger partial charge in [0.15, 0.2) is 0 Å². The van der Waals surface area contributed by atoms with Crippen LogP contribution in [-0.2, 0) is 0 Å². The molecule has 2 rings (SSSR count). The number of aromatic nitrogens is 1. The molecule has 0 bridgehead atoms. The lowest BCUT2D eigenvalue weighted by atomic mass is 9.98. The number of hydrogen-bond donors (Lipinski definition) is 1. The predicted molar refractivity (Wildman–Crippen MR) is 66.6 cm³/mol. The van der Waals surface area contributed by atoms with Gasteiger partial charge in [-0.05, 0) is 26.2 Å². The average Bonchev–Trinajstić information content (AvgIpc) is 2.92. The van der Waals surface area contributed by atoms with Crippen molar-refractivity contribution in [3.05, 3.63) is 12.5 Å². The highest BCUT2D eigenvalue weighted by Crippen LogP contribution is 2.30. The lowest BCUT2D eigenvalue weighted by Gasteiger charge is -2.25. The highest BCUT2D eigenvalue weighted by atomic mass is 32.2. The van der Waals surface area contributed by atoms with Crippen molar-refractivity contribution in [2.75, 3.05) is 0 Å². The molecule has 1 heterocycles. The average molecular weight is 251 g/mol. The van der Waals surface area contributed by atoms with E-state index in [2.05, 4.69) is 23.3 Å². The van der Waals surface area contributed by atoms with Crippen LogP contribution in [0.15, 0.2) is 22.1 Å². The van der Waals surface area contributed by atoms with E-state index in [-0.39, 0.29) is 0 Å².